The normalized spacial score (nSPS) is 11.3. The second kappa shape index (κ2) is 8.44. The van der Waals surface area contributed by atoms with E-state index in [-0.39, 0.29) is 24.4 Å². The fraction of sp³-hybridized carbons (Fsp3) is 0.278. The maximum atomic E-state index is 12.2. The Hall–Kier alpha value is -2.20. The van der Waals surface area contributed by atoms with Crippen molar-refractivity contribution in [2.24, 2.45) is 0 Å². The molecule has 4 nitrogen and oxygen atoms in total. The molecule has 3 N–H and O–H groups in total. The molecule has 0 bridgehead atoms. The molecule has 124 valence electrons. The molecule has 1 atom stereocenters. The summed E-state index contributed by atoms with van der Waals surface area (Å²) in [5, 5.41) is 3.01. The fourth-order valence-corrected chi connectivity index (χ4v) is 2.38. The van der Waals surface area contributed by atoms with Gasteiger partial charge in [-0.15, -0.1) is 12.4 Å². The minimum Gasteiger partial charge on any atom is -0.496 e. The summed E-state index contributed by atoms with van der Waals surface area (Å²) in [6, 6.07) is 13.2. The van der Waals surface area contributed by atoms with E-state index < -0.39 is 0 Å². The van der Waals surface area contributed by atoms with Gasteiger partial charge in [0, 0.05) is 11.3 Å². The summed E-state index contributed by atoms with van der Waals surface area (Å²) < 4.78 is 5.37. The predicted octanol–water partition coefficient (Wildman–Crippen LogP) is 3.43. The third-order valence-electron chi connectivity index (χ3n) is 3.57. The quantitative estimate of drug-likeness (QED) is 0.823. The highest BCUT2D eigenvalue weighted by molar-refractivity contribution is 5.85. The van der Waals surface area contributed by atoms with E-state index >= 15 is 0 Å². The van der Waals surface area contributed by atoms with Crippen LogP contribution in [0.4, 0.5) is 5.69 Å². The van der Waals surface area contributed by atoms with Gasteiger partial charge in [-0.2, -0.15) is 0 Å². The number of nitrogens with two attached hydrogens (primary N) is 1. The average molecular weight is 335 g/mol. The Bertz CT molecular complexity index is 657. The highest BCUT2D eigenvalue weighted by Crippen LogP contribution is 2.26. The number of hydrogen-bond acceptors (Lipinski definition) is 3. The van der Waals surface area contributed by atoms with Crippen molar-refractivity contribution in [3.63, 3.8) is 0 Å². The zero-order valence-electron chi connectivity index (χ0n) is 13.6. The van der Waals surface area contributed by atoms with Gasteiger partial charge in [-0.1, -0.05) is 29.8 Å². The minimum atomic E-state index is -0.115. The van der Waals surface area contributed by atoms with Crippen LogP contribution >= 0.6 is 12.4 Å². The molecular weight excluding hydrogens is 312 g/mol. The predicted molar refractivity (Wildman–Crippen MR) is 96.1 cm³/mol. The first-order valence-corrected chi connectivity index (χ1v) is 7.28. The molecule has 0 saturated carbocycles. The molecule has 2 rings (SSSR count). The van der Waals surface area contributed by atoms with Crippen LogP contribution in [-0.2, 0) is 11.2 Å². The SMILES string of the molecule is COc1ccc(C)cc1C(C)NC(=O)Cc1ccc(N)cc1.Cl. The van der Waals surface area contributed by atoms with E-state index in [1.165, 1.54) is 0 Å². The van der Waals surface area contributed by atoms with Crippen LogP contribution in [0.1, 0.15) is 29.7 Å². The Morgan fingerprint density at radius 1 is 1.22 bits per heavy atom. The van der Waals surface area contributed by atoms with Crippen LogP contribution < -0.4 is 15.8 Å². The van der Waals surface area contributed by atoms with Crippen molar-refractivity contribution in [1.82, 2.24) is 5.32 Å². The molecular formula is C18H23ClN2O2. The van der Waals surface area contributed by atoms with Crippen molar-refractivity contribution >= 4 is 24.0 Å². The Morgan fingerprint density at radius 2 is 1.87 bits per heavy atom. The molecule has 23 heavy (non-hydrogen) atoms. The topological polar surface area (TPSA) is 64.3 Å². The molecule has 0 saturated heterocycles. The smallest absolute Gasteiger partial charge is 0.224 e. The molecule has 1 unspecified atom stereocenters. The maximum Gasteiger partial charge on any atom is 0.224 e. The Kier molecular flexibility index (Phi) is 6.91. The van der Waals surface area contributed by atoms with E-state index in [1.807, 2.05) is 44.2 Å². The van der Waals surface area contributed by atoms with Crippen LogP contribution in [0.5, 0.6) is 5.75 Å². The Morgan fingerprint density at radius 3 is 2.48 bits per heavy atom. The molecule has 5 heteroatoms. The number of halogens is 1. The zero-order valence-corrected chi connectivity index (χ0v) is 14.4. The first kappa shape index (κ1) is 18.8. The second-order valence-corrected chi connectivity index (χ2v) is 5.45. The monoisotopic (exact) mass is 334 g/mol. The van der Waals surface area contributed by atoms with Crippen LogP contribution in [0.25, 0.3) is 0 Å². The van der Waals surface area contributed by atoms with Gasteiger partial charge in [-0.3, -0.25) is 4.79 Å². The van der Waals surface area contributed by atoms with Crippen molar-refractivity contribution < 1.29 is 9.53 Å². The average Bonchev–Trinajstić information content (AvgIpc) is 2.49. The largest absolute Gasteiger partial charge is 0.496 e. The lowest BCUT2D eigenvalue weighted by atomic mass is 10.0. The molecule has 0 radical (unpaired) electrons. The van der Waals surface area contributed by atoms with Crippen LogP contribution in [0.2, 0.25) is 0 Å². The summed E-state index contributed by atoms with van der Waals surface area (Å²) in [5.41, 5.74) is 9.40. The fourth-order valence-electron chi connectivity index (χ4n) is 2.38. The summed E-state index contributed by atoms with van der Waals surface area (Å²) in [6.07, 6.45) is 0.332. The van der Waals surface area contributed by atoms with Crippen molar-refractivity contribution in [3.05, 3.63) is 59.2 Å². The van der Waals surface area contributed by atoms with E-state index in [1.54, 1.807) is 19.2 Å². The van der Waals surface area contributed by atoms with Gasteiger partial charge < -0.3 is 15.8 Å². The molecule has 0 spiro atoms. The van der Waals surface area contributed by atoms with Gasteiger partial charge in [0.15, 0.2) is 0 Å². The highest BCUT2D eigenvalue weighted by Gasteiger charge is 2.14. The number of carbonyl (C=O) groups excluding carboxylic acids is 1. The molecule has 0 aliphatic carbocycles. The van der Waals surface area contributed by atoms with E-state index in [2.05, 4.69) is 5.32 Å². The van der Waals surface area contributed by atoms with Crippen molar-refractivity contribution in [1.29, 1.82) is 0 Å². The van der Waals surface area contributed by atoms with Crippen LogP contribution in [-0.4, -0.2) is 13.0 Å². The summed E-state index contributed by atoms with van der Waals surface area (Å²) >= 11 is 0. The highest BCUT2D eigenvalue weighted by atomic mass is 35.5. The third kappa shape index (κ3) is 5.18. The Balaban J connectivity index is 0.00000264. The van der Waals surface area contributed by atoms with Gasteiger partial charge in [0.1, 0.15) is 5.75 Å². The molecule has 0 fully saturated rings. The van der Waals surface area contributed by atoms with Crippen LogP contribution in [0, 0.1) is 6.92 Å². The molecule has 0 heterocycles. The molecule has 0 aromatic heterocycles. The zero-order chi connectivity index (χ0) is 16.1. The number of anilines is 1. The van der Waals surface area contributed by atoms with Gasteiger partial charge in [0.25, 0.3) is 0 Å². The number of amides is 1. The molecule has 1 amide bonds. The number of methoxy groups -OCH3 is 1. The lowest BCUT2D eigenvalue weighted by molar-refractivity contribution is -0.121. The van der Waals surface area contributed by atoms with Crippen molar-refractivity contribution in [2.45, 2.75) is 26.3 Å². The van der Waals surface area contributed by atoms with Gasteiger partial charge in [0.2, 0.25) is 5.91 Å². The number of nitrogens with one attached hydrogen (secondary N) is 1. The van der Waals surface area contributed by atoms with Gasteiger partial charge >= 0.3 is 0 Å². The number of rotatable bonds is 5. The number of nitrogen functional groups attached to an aromatic ring is 1. The number of hydrogen-bond donors (Lipinski definition) is 2. The standard InChI is InChI=1S/C18H22N2O2.ClH/c1-12-4-9-17(22-3)16(10-12)13(2)20-18(21)11-14-5-7-15(19)8-6-14;/h4-10,13H,11,19H2,1-3H3,(H,20,21);1H. The van der Waals surface area contributed by atoms with Crippen molar-refractivity contribution in [3.8, 4) is 5.75 Å². The number of ether oxygens (including phenoxy) is 1. The van der Waals surface area contributed by atoms with Crippen molar-refractivity contribution in [2.75, 3.05) is 12.8 Å². The molecule has 0 aliphatic rings. The van der Waals surface area contributed by atoms with E-state index in [4.69, 9.17) is 10.5 Å². The molecule has 2 aromatic rings. The minimum absolute atomic E-state index is 0. The summed E-state index contributed by atoms with van der Waals surface area (Å²) in [6.45, 7) is 3.98. The lowest BCUT2D eigenvalue weighted by Gasteiger charge is -2.18. The summed E-state index contributed by atoms with van der Waals surface area (Å²) in [5.74, 6) is 0.756. The van der Waals surface area contributed by atoms with E-state index in [0.29, 0.717) is 12.1 Å². The van der Waals surface area contributed by atoms with Gasteiger partial charge in [-0.05, 0) is 37.6 Å². The molecule has 0 aliphatic heterocycles. The van der Waals surface area contributed by atoms with E-state index in [0.717, 1.165) is 22.4 Å². The summed E-state index contributed by atoms with van der Waals surface area (Å²) in [4.78, 5) is 12.2. The second-order valence-electron chi connectivity index (χ2n) is 5.45. The van der Waals surface area contributed by atoms with E-state index in [9.17, 15) is 4.79 Å². The number of aryl methyl sites for hydroxylation is 1. The third-order valence-corrected chi connectivity index (χ3v) is 3.57. The summed E-state index contributed by atoms with van der Waals surface area (Å²) in [7, 11) is 1.64. The first-order chi connectivity index (χ1) is 10.5. The number of carbonyl (C=O) groups is 1. The van der Waals surface area contributed by atoms with Gasteiger partial charge in [-0.25, -0.2) is 0 Å². The number of benzene rings is 2. The van der Waals surface area contributed by atoms with Gasteiger partial charge in [0.05, 0.1) is 19.6 Å². The van der Waals surface area contributed by atoms with Crippen LogP contribution in [0.3, 0.4) is 0 Å². The lowest BCUT2D eigenvalue weighted by Crippen LogP contribution is -2.28. The molecule has 2 aromatic carbocycles. The first-order valence-electron chi connectivity index (χ1n) is 7.28. The van der Waals surface area contributed by atoms with Crippen LogP contribution in [0.15, 0.2) is 42.5 Å². The Labute approximate surface area is 143 Å². The maximum absolute atomic E-state index is 12.2.